The molecular weight excluding hydrogens is 391 g/mol. The maximum Gasteiger partial charge on any atom is 0.126 e. The van der Waals surface area contributed by atoms with Gasteiger partial charge in [-0.15, -0.1) is 11.3 Å². The molecule has 0 bridgehead atoms. The SMILES string of the molecule is CN(Cc1csc(-c2cnn(C)c2)n1)C1c2cc(Cl)cc(Cl)c2CC1O. The summed E-state index contributed by atoms with van der Waals surface area (Å²) in [5.41, 5.74) is 3.95. The van der Waals surface area contributed by atoms with Crippen LogP contribution in [0.2, 0.25) is 10.0 Å². The standard InChI is InChI=1S/C18H18Cl2N4OS/c1-23(8-12-9-26-18(22-12)10-6-21-24(2)7-10)17-14-3-11(19)4-15(20)13(14)5-16(17)25/h3-4,6-7,9,16-17,25H,5,8H2,1-2H3. The summed E-state index contributed by atoms with van der Waals surface area (Å²) >= 11 is 14.1. The monoisotopic (exact) mass is 408 g/mol. The molecule has 0 saturated heterocycles. The van der Waals surface area contributed by atoms with E-state index in [1.165, 1.54) is 0 Å². The molecule has 5 nitrogen and oxygen atoms in total. The van der Waals surface area contributed by atoms with Crippen molar-refractivity contribution in [3.05, 3.63) is 56.8 Å². The van der Waals surface area contributed by atoms with Crippen molar-refractivity contribution in [2.45, 2.75) is 25.1 Å². The number of halogens is 2. The molecule has 0 aliphatic heterocycles. The number of thiazole rings is 1. The normalized spacial score (nSPS) is 19.3. The van der Waals surface area contributed by atoms with Crippen LogP contribution < -0.4 is 0 Å². The summed E-state index contributed by atoms with van der Waals surface area (Å²) in [6, 6.07) is 3.49. The van der Waals surface area contributed by atoms with E-state index in [0.29, 0.717) is 23.0 Å². The molecule has 2 unspecified atom stereocenters. The van der Waals surface area contributed by atoms with Crippen LogP contribution in [0.15, 0.2) is 29.9 Å². The quantitative estimate of drug-likeness (QED) is 0.709. The van der Waals surface area contributed by atoms with Crippen LogP contribution in [-0.4, -0.2) is 37.9 Å². The van der Waals surface area contributed by atoms with Gasteiger partial charge in [0, 0.05) is 47.2 Å². The molecule has 0 amide bonds. The predicted molar refractivity (Wildman–Crippen MR) is 105 cm³/mol. The first-order valence-electron chi connectivity index (χ1n) is 8.22. The van der Waals surface area contributed by atoms with Gasteiger partial charge in [-0.05, 0) is 30.3 Å². The molecule has 26 heavy (non-hydrogen) atoms. The zero-order valence-corrected chi connectivity index (χ0v) is 16.7. The lowest BCUT2D eigenvalue weighted by Gasteiger charge is -2.27. The van der Waals surface area contributed by atoms with Gasteiger partial charge in [0.15, 0.2) is 0 Å². The molecule has 136 valence electrons. The minimum atomic E-state index is -0.512. The Labute approximate surface area is 165 Å². The molecule has 4 rings (SSSR count). The molecule has 0 radical (unpaired) electrons. The number of nitrogens with zero attached hydrogens (tertiary/aromatic N) is 4. The lowest BCUT2D eigenvalue weighted by molar-refractivity contribution is 0.0719. The van der Waals surface area contributed by atoms with E-state index in [1.54, 1.807) is 22.1 Å². The zero-order valence-electron chi connectivity index (χ0n) is 14.4. The highest BCUT2D eigenvalue weighted by Crippen LogP contribution is 2.41. The average molecular weight is 409 g/mol. The fourth-order valence-corrected chi connectivity index (χ4v) is 4.93. The number of aryl methyl sites for hydroxylation is 1. The van der Waals surface area contributed by atoms with Crippen LogP contribution in [0.25, 0.3) is 10.6 Å². The van der Waals surface area contributed by atoms with Gasteiger partial charge >= 0.3 is 0 Å². The highest BCUT2D eigenvalue weighted by atomic mass is 35.5. The third kappa shape index (κ3) is 3.28. The van der Waals surface area contributed by atoms with E-state index in [9.17, 15) is 5.11 Å². The van der Waals surface area contributed by atoms with E-state index >= 15 is 0 Å². The third-order valence-electron chi connectivity index (χ3n) is 4.68. The minimum absolute atomic E-state index is 0.148. The Morgan fingerprint density at radius 3 is 2.92 bits per heavy atom. The zero-order chi connectivity index (χ0) is 18.4. The van der Waals surface area contributed by atoms with Crippen molar-refractivity contribution in [3.8, 4) is 10.6 Å². The van der Waals surface area contributed by atoms with Crippen molar-refractivity contribution in [1.82, 2.24) is 19.7 Å². The molecule has 1 aliphatic rings. The van der Waals surface area contributed by atoms with Crippen LogP contribution in [0.1, 0.15) is 22.9 Å². The molecule has 2 aromatic heterocycles. The summed E-state index contributed by atoms with van der Waals surface area (Å²) in [4.78, 5) is 6.81. The molecule has 2 heterocycles. The Morgan fingerprint density at radius 1 is 1.38 bits per heavy atom. The summed E-state index contributed by atoms with van der Waals surface area (Å²) < 4.78 is 1.77. The molecule has 1 aliphatic carbocycles. The van der Waals surface area contributed by atoms with Crippen molar-refractivity contribution in [3.63, 3.8) is 0 Å². The number of fused-ring (bicyclic) bond motifs is 1. The summed E-state index contributed by atoms with van der Waals surface area (Å²) in [6.07, 6.45) is 3.79. The maximum atomic E-state index is 10.6. The van der Waals surface area contributed by atoms with E-state index < -0.39 is 6.10 Å². The fourth-order valence-electron chi connectivity index (χ4n) is 3.56. The first kappa shape index (κ1) is 17.9. The van der Waals surface area contributed by atoms with Crippen LogP contribution in [-0.2, 0) is 20.0 Å². The molecule has 1 N–H and O–H groups in total. The van der Waals surface area contributed by atoms with Gasteiger partial charge in [0.2, 0.25) is 0 Å². The van der Waals surface area contributed by atoms with Crippen molar-refractivity contribution in [2.75, 3.05) is 7.05 Å². The van der Waals surface area contributed by atoms with Gasteiger partial charge < -0.3 is 5.11 Å². The number of rotatable bonds is 4. The van der Waals surface area contributed by atoms with E-state index in [2.05, 4.69) is 10.00 Å². The Bertz CT molecular complexity index is 955. The van der Waals surface area contributed by atoms with Gasteiger partial charge in [-0.3, -0.25) is 9.58 Å². The van der Waals surface area contributed by atoms with Crippen molar-refractivity contribution >= 4 is 34.5 Å². The van der Waals surface area contributed by atoms with Crippen LogP contribution >= 0.6 is 34.5 Å². The molecule has 1 aromatic carbocycles. The Balaban J connectivity index is 1.56. The first-order valence-corrected chi connectivity index (χ1v) is 9.85. The van der Waals surface area contributed by atoms with E-state index in [0.717, 1.165) is 27.4 Å². The molecule has 0 saturated carbocycles. The summed E-state index contributed by atoms with van der Waals surface area (Å²) in [5, 5.41) is 19.0. The number of benzene rings is 1. The Kier molecular flexibility index (Phi) is 4.79. The minimum Gasteiger partial charge on any atom is -0.391 e. The van der Waals surface area contributed by atoms with Gasteiger partial charge in [0.25, 0.3) is 0 Å². The maximum absolute atomic E-state index is 10.6. The molecule has 0 spiro atoms. The van der Waals surface area contributed by atoms with Crippen LogP contribution in [0.4, 0.5) is 0 Å². The lowest BCUT2D eigenvalue weighted by atomic mass is 10.1. The largest absolute Gasteiger partial charge is 0.391 e. The molecule has 3 aromatic rings. The summed E-state index contributed by atoms with van der Waals surface area (Å²) in [7, 11) is 3.88. The van der Waals surface area contributed by atoms with Crippen LogP contribution in [0.5, 0.6) is 0 Å². The van der Waals surface area contributed by atoms with Gasteiger partial charge in [-0.25, -0.2) is 4.98 Å². The second kappa shape index (κ2) is 6.94. The highest BCUT2D eigenvalue weighted by Gasteiger charge is 2.35. The lowest BCUT2D eigenvalue weighted by Crippen LogP contribution is -2.30. The van der Waals surface area contributed by atoms with E-state index in [-0.39, 0.29) is 6.04 Å². The number of aliphatic hydroxyl groups excluding tert-OH is 1. The number of hydrogen-bond acceptors (Lipinski definition) is 5. The van der Waals surface area contributed by atoms with Gasteiger partial charge in [-0.2, -0.15) is 5.10 Å². The van der Waals surface area contributed by atoms with Gasteiger partial charge in [0.1, 0.15) is 5.01 Å². The molecule has 0 fully saturated rings. The van der Waals surface area contributed by atoms with Crippen LogP contribution in [0.3, 0.4) is 0 Å². The highest BCUT2D eigenvalue weighted by molar-refractivity contribution is 7.13. The summed E-state index contributed by atoms with van der Waals surface area (Å²) in [6.45, 7) is 0.627. The summed E-state index contributed by atoms with van der Waals surface area (Å²) in [5.74, 6) is 0. The van der Waals surface area contributed by atoms with Crippen molar-refractivity contribution in [1.29, 1.82) is 0 Å². The fraction of sp³-hybridized carbons (Fsp3) is 0.333. The predicted octanol–water partition coefficient (Wildman–Crippen LogP) is 3.94. The van der Waals surface area contributed by atoms with Crippen molar-refractivity contribution < 1.29 is 5.11 Å². The van der Waals surface area contributed by atoms with E-state index in [4.69, 9.17) is 28.2 Å². The number of aromatic nitrogens is 3. The Hall–Kier alpha value is -1.44. The molecule has 2 atom stereocenters. The smallest absolute Gasteiger partial charge is 0.126 e. The second-order valence-corrected chi connectivity index (χ2v) is 8.34. The van der Waals surface area contributed by atoms with Crippen molar-refractivity contribution in [2.24, 2.45) is 7.05 Å². The Morgan fingerprint density at radius 2 is 2.19 bits per heavy atom. The number of likely N-dealkylation sites (N-methyl/N-ethyl adjacent to an activating group) is 1. The second-order valence-electron chi connectivity index (χ2n) is 6.63. The van der Waals surface area contributed by atoms with Gasteiger partial charge in [-0.1, -0.05) is 23.2 Å². The average Bonchev–Trinajstić information content (AvgIpc) is 3.26. The third-order valence-corrected chi connectivity index (χ3v) is 6.18. The number of aliphatic hydroxyl groups is 1. The first-order chi connectivity index (χ1) is 12.4. The van der Waals surface area contributed by atoms with Gasteiger partial charge in [0.05, 0.1) is 24.0 Å². The number of hydrogen-bond donors (Lipinski definition) is 1. The van der Waals surface area contributed by atoms with E-state index in [1.807, 2.05) is 37.9 Å². The molecular formula is C18H18Cl2N4OS. The van der Waals surface area contributed by atoms with Crippen LogP contribution in [0, 0.1) is 0 Å². The topological polar surface area (TPSA) is 54.2 Å². The molecule has 8 heteroatoms.